The lowest BCUT2D eigenvalue weighted by atomic mass is 10.0. The quantitative estimate of drug-likeness (QED) is 0.128. The van der Waals surface area contributed by atoms with Crippen LogP contribution in [-0.4, -0.2) is 0 Å². The first-order chi connectivity index (χ1) is 29.0. The summed E-state index contributed by atoms with van der Waals surface area (Å²) in [7, 11) is 0. The minimum absolute atomic E-state index is 1.15. The van der Waals surface area contributed by atoms with Crippen molar-refractivity contribution in [2.45, 2.75) is 55.4 Å². The fraction of sp³-hybridized carbons (Fsp3) is 0.138. The van der Waals surface area contributed by atoms with Crippen molar-refractivity contribution in [3.8, 4) is 22.3 Å². The van der Waals surface area contributed by atoms with Gasteiger partial charge in [-0.3, -0.25) is 0 Å². The van der Waals surface area contributed by atoms with Gasteiger partial charge in [0.05, 0.1) is 0 Å². The lowest BCUT2D eigenvalue weighted by Gasteiger charge is -2.29. The number of aryl methyl sites for hydroxylation is 8. The zero-order chi connectivity index (χ0) is 41.9. The highest BCUT2D eigenvalue weighted by Crippen LogP contribution is 2.41. The summed E-state index contributed by atoms with van der Waals surface area (Å²) in [5, 5.41) is 0. The van der Waals surface area contributed by atoms with E-state index in [1.165, 1.54) is 101 Å². The van der Waals surface area contributed by atoms with Crippen molar-refractivity contribution in [2.24, 2.45) is 0 Å². The summed E-state index contributed by atoms with van der Waals surface area (Å²) in [5.74, 6) is 0. The van der Waals surface area contributed by atoms with Crippen LogP contribution in [0.2, 0.25) is 0 Å². The molecule has 0 atom stereocenters. The molecule has 0 aliphatic heterocycles. The fourth-order valence-corrected chi connectivity index (χ4v) is 8.41. The first-order valence-corrected chi connectivity index (χ1v) is 21.0. The molecule has 0 aliphatic carbocycles. The van der Waals surface area contributed by atoms with Crippen molar-refractivity contribution in [3.05, 3.63) is 225 Å². The molecule has 8 aromatic rings. The topological polar surface area (TPSA) is 6.48 Å². The van der Waals surface area contributed by atoms with Crippen LogP contribution in [0.4, 0.5) is 34.1 Å². The Kier molecular flexibility index (Phi) is 11.4. The standard InChI is InChI=1S/C58H54N2/c1-39-9-31-55(43(5)35-39)59(56-32-10-40(2)36-44(56)6)53-27-23-51(24-28-53)49-19-15-47(16-20-49)13-14-48-17-21-50(22-18-48)52-25-29-54(30-26-52)60(57-33-11-41(3)37-45(57)7)58-34-12-42(4)38-46(58)8/h9-38H,1-8H3/b14-13+. The SMILES string of the molecule is Cc1ccc(N(c2ccc(-c3ccc(/C=C/c4ccc(-c5ccc(N(c6ccc(C)cc6C)c6ccc(C)cc6C)cc5)cc4)cc3)cc2)c2ccc(C)cc2C)c(C)c1. The smallest absolute Gasteiger partial charge is 0.0491 e. The lowest BCUT2D eigenvalue weighted by molar-refractivity contribution is 1.21. The molecule has 0 N–H and O–H groups in total. The lowest BCUT2D eigenvalue weighted by Crippen LogP contribution is -2.12. The Bertz CT molecular complexity index is 2510. The van der Waals surface area contributed by atoms with Crippen LogP contribution in [0.15, 0.2) is 170 Å². The van der Waals surface area contributed by atoms with Crippen molar-refractivity contribution in [1.82, 2.24) is 0 Å². The molecular weight excluding hydrogens is 725 g/mol. The van der Waals surface area contributed by atoms with Crippen LogP contribution in [0.5, 0.6) is 0 Å². The molecule has 60 heavy (non-hydrogen) atoms. The minimum atomic E-state index is 1.15. The molecule has 0 unspecified atom stereocenters. The first-order valence-electron chi connectivity index (χ1n) is 21.0. The third-order valence-corrected chi connectivity index (χ3v) is 11.6. The summed E-state index contributed by atoms with van der Waals surface area (Å²) in [4.78, 5) is 4.78. The third kappa shape index (κ3) is 8.60. The van der Waals surface area contributed by atoms with E-state index in [4.69, 9.17) is 0 Å². The first kappa shape index (κ1) is 39.9. The van der Waals surface area contributed by atoms with Crippen LogP contribution in [0, 0.1) is 55.4 Å². The van der Waals surface area contributed by atoms with Gasteiger partial charge >= 0.3 is 0 Å². The Morgan fingerprint density at radius 2 is 0.500 bits per heavy atom. The average Bonchev–Trinajstić information content (AvgIpc) is 3.24. The highest BCUT2D eigenvalue weighted by atomic mass is 15.2. The van der Waals surface area contributed by atoms with Gasteiger partial charge in [-0.05, 0) is 160 Å². The Balaban J connectivity index is 0.967. The molecule has 0 amide bonds. The van der Waals surface area contributed by atoms with Gasteiger partial charge in [-0.1, -0.05) is 156 Å². The number of nitrogens with zero attached hydrogens (tertiary/aromatic N) is 2. The minimum Gasteiger partial charge on any atom is -0.310 e. The molecule has 2 heteroatoms. The molecule has 0 bridgehead atoms. The van der Waals surface area contributed by atoms with Crippen LogP contribution in [0.3, 0.4) is 0 Å². The number of rotatable bonds is 10. The Morgan fingerprint density at radius 1 is 0.267 bits per heavy atom. The summed E-state index contributed by atoms with van der Waals surface area (Å²) in [5.41, 5.74) is 24.3. The maximum Gasteiger partial charge on any atom is 0.0491 e. The van der Waals surface area contributed by atoms with Gasteiger partial charge in [0.25, 0.3) is 0 Å². The molecule has 0 saturated carbocycles. The molecular formula is C58H54N2. The van der Waals surface area contributed by atoms with Gasteiger partial charge in [-0.25, -0.2) is 0 Å². The summed E-state index contributed by atoms with van der Waals surface area (Å²) in [6, 6.07) is 62.4. The van der Waals surface area contributed by atoms with E-state index >= 15 is 0 Å². The largest absolute Gasteiger partial charge is 0.310 e. The highest BCUT2D eigenvalue weighted by Gasteiger charge is 2.19. The molecule has 0 radical (unpaired) electrons. The number of benzene rings is 8. The Labute approximate surface area is 357 Å². The molecule has 0 aromatic heterocycles. The third-order valence-electron chi connectivity index (χ3n) is 11.6. The number of hydrogen-bond acceptors (Lipinski definition) is 2. The van der Waals surface area contributed by atoms with E-state index in [2.05, 4.69) is 247 Å². The molecule has 8 aromatic carbocycles. The van der Waals surface area contributed by atoms with E-state index in [0.29, 0.717) is 0 Å². The fourth-order valence-electron chi connectivity index (χ4n) is 8.41. The predicted molar refractivity (Wildman–Crippen MR) is 260 cm³/mol. The van der Waals surface area contributed by atoms with E-state index in [9.17, 15) is 0 Å². The van der Waals surface area contributed by atoms with Crippen molar-refractivity contribution in [3.63, 3.8) is 0 Å². The van der Waals surface area contributed by atoms with E-state index < -0.39 is 0 Å². The van der Waals surface area contributed by atoms with Gasteiger partial charge in [0, 0.05) is 34.1 Å². The van der Waals surface area contributed by atoms with Crippen LogP contribution in [0.1, 0.15) is 55.6 Å². The average molecular weight is 779 g/mol. The monoisotopic (exact) mass is 778 g/mol. The summed E-state index contributed by atoms with van der Waals surface area (Å²) >= 11 is 0. The van der Waals surface area contributed by atoms with Crippen molar-refractivity contribution in [1.29, 1.82) is 0 Å². The number of anilines is 6. The summed E-state index contributed by atoms with van der Waals surface area (Å²) in [6.07, 6.45) is 4.38. The van der Waals surface area contributed by atoms with Crippen LogP contribution in [-0.2, 0) is 0 Å². The number of hydrogen-bond donors (Lipinski definition) is 0. The predicted octanol–water partition coefficient (Wildman–Crippen LogP) is 16.6. The molecule has 296 valence electrons. The molecule has 0 aliphatic rings. The second-order valence-corrected chi connectivity index (χ2v) is 16.5. The van der Waals surface area contributed by atoms with E-state index in [1.54, 1.807) is 0 Å². The van der Waals surface area contributed by atoms with E-state index in [0.717, 1.165) is 11.4 Å². The van der Waals surface area contributed by atoms with Gasteiger partial charge in [0.1, 0.15) is 0 Å². The second kappa shape index (κ2) is 17.1. The van der Waals surface area contributed by atoms with Gasteiger partial charge in [-0.15, -0.1) is 0 Å². The van der Waals surface area contributed by atoms with E-state index in [-0.39, 0.29) is 0 Å². The van der Waals surface area contributed by atoms with Crippen LogP contribution in [0.25, 0.3) is 34.4 Å². The molecule has 0 saturated heterocycles. The highest BCUT2D eigenvalue weighted by molar-refractivity contribution is 5.83. The molecule has 0 spiro atoms. The van der Waals surface area contributed by atoms with Crippen LogP contribution >= 0.6 is 0 Å². The zero-order valence-electron chi connectivity index (χ0n) is 36.2. The molecule has 8 rings (SSSR count). The molecule has 0 fully saturated rings. The molecule has 2 nitrogen and oxygen atoms in total. The van der Waals surface area contributed by atoms with Crippen molar-refractivity contribution >= 4 is 46.3 Å². The maximum absolute atomic E-state index is 2.39. The van der Waals surface area contributed by atoms with Crippen molar-refractivity contribution in [2.75, 3.05) is 9.80 Å². The maximum atomic E-state index is 2.39. The molecule has 0 heterocycles. The summed E-state index contributed by atoms with van der Waals surface area (Å²) in [6.45, 7) is 17.4. The van der Waals surface area contributed by atoms with Crippen molar-refractivity contribution < 1.29 is 0 Å². The van der Waals surface area contributed by atoms with E-state index in [1.807, 2.05) is 0 Å². The van der Waals surface area contributed by atoms with Gasteiger partial charge in [-0.2, -0.15) is 0 Å². The second-order valence-electron chi connectivity index (χ2n) is 16.5. The Morgan fingerprint density at radius 3 is 0.733 bits per heavy atom. The van der Waals surface area contributed by atoms with Crippen LogP contribution < -0.4 is 9.80 Å². The zero-order valence-corrected chi connectivity index (χ0v) is 36.2. The normalized spacial score (nSPS) is 11.3. The summed E-state index contributed by atoms with van der Waals surface area (Å²) < 4.78 is 0. The van der Waals surface area contributed by atoms with Gasteiger partial charge in [0.15, 0.2) is 0 Å². The van der Waals surface area contributed by atoms with Gasteiger partial charge in [0.2, 0.25) is 0 Å². The Hall–Kier alpha value is -6.90. The van der Waals surface area contributed by atoms with Gasteiger partial charge < -0.3 is 9.80 Å².